The van der Waals surface area contributed by atoms with Crippen LogP contribution < -0.4 is 0 Å². The van der Waals surface area contributed by atoms with E-state index < -0.39 is 46.1 Å². The van der Waals surface area contributed by atoms with E-state index in [1.807, 2.05) is 0 Å². The van der Waals surface area contributed by atoms with Gasteiger partial charge in [-0.15, -0.1) is 0 Å². The van der Waals surface area contributed by atoms with Crippen LogP contribution in [0.1, 0.15) is 94.3 Å². The standard InChI is InChI=1S/C23H20O10/c24-18(12-6-8-14(20(26)27)16(10-12)22(30)31)4-2-1-3-5-19(25)13-7-9-15(21(28)29)17(11-13)23(32)33/h6-11H,1-5H2,(H,26,27)(H,28,29)(H,30,31)(H,32,33). The molecule has 0 fully saturated rings. The summed E-state index contributed by atoms with van der Waals surface area (Å²) in [5, 5.41) is 36.3. The van der Waals surface area contributed by atoms with Crippen LogP contribution in [0.5, 0.6) is 0 Å². The van der Waals surface area contributed by atoms with Crippen molar-refractivity contribution >= 4 is 35.4 Å². The number of ketones is 2. The number of carboxylic acid groups (broad SMARTS) is 4. The number of carbonyl (C=O) groups is 6. The van der Waals surface area contributed by atoms with Gasteiger partial charge >= 0.3 is 23.9 Å². The third kappa shape index (κ3) is 6.33. The van der Waals surface area contributed by atoms with E-state index in [4.69, 9.17) is 20.4 Å². The third-order valence-corrected chi connectivity index (χ3v) is 4.91. The zero-order valence-corrected chi connectivity index (χ0v) is 17.2. The molecule has 0 bridgehead atoms. The zero-order valence-electron chi connectivity index (χ0n) is 17.2. The molecule has 0 saturated carbocycles. The fourth-order valence-corrected chi connectivity index (χ4v) is 3.20. The lowest BCUT2D eigenvalue weighted by molar-refractivity contribution is 0.0651. The van der Waals surface area contributed by atoms with E-state index in [1.54, 1.807) is 0 Å². The lowest BCUT2D eigenvalue weighted by Crippen LogP contribution is -2.10. The van der Waals surface area contributed by atoms with E-state index in [9.17, 15) is 28.8 Å². The molecule has 0 aromatic heterocycles. The van der Waals surface area contributed by atoms with Crippen LogP contribution in [-0.4, -0.2) is 55.9 Å². The lowest BCUT2D eigenvalue weighted by atomic mass is 9.97. The Hall–Kier alpha value is -4.34. The predicted molar refractivity (Wildman–Crippen MR) is 112 cm³/mol. The van der Waals surface area contributed by atoms with Gasteiger partial charge in [0.25, 0.3) is 0 Å². The molecule has 0 aliphatic rings. The smallest absolute Gasteiger partial charge is 0.336 e. The summed E-state index contributed by atoms with van der Waals surface area (Å²) in [6, 6.07) is 6.69. The van der Waals surface area contributed by atoms with Crippen LogP contribution >= 0.6 is 0 Å². The van der Waals surface area contributed by atoms with Crippen molar-refractivity contribution in [3.63, 3.8) is 0 Å². The molecule has 2 aromatic rings. The van der Waals surface area contributed by atoms with Crippen molar-refractivity contribution in [2.24, 2.45) is 0 Å². The summed E-state index contributed by atoms with van der Waals surface area (Å²) in [6.45, 7) is 0. The van der Waals surface area contributed by atoms with Crippen molar-refractivity contribution in [3.8, 4) is 0 Å². The van der Waals surface area contributed by atoms with Gasteiger partial charge in [0.15, 0.2) is 11.6 Å². The summed E-state index contributed by atoms with van der Waals surface area (Å²) in [5.74, 6) is -6.47. The van der Waals surface area contributed by atoms with Gasteiger partial charge in [-0.05, 0) is 37.1 Å². The number of Topliss-reactive ketones (excluding diaryl/α,β-unsaturated/α-hetero) is 2. The van der Waals surface area contributed by atoms with E-state index >= 15 is 0 Å². The molecule has 10 heteroatoms. The van der Waals surface area contributed by atoms with Gasteiger partial charge in [-0.2, -0.15) is 0 Å². The second-order valence-electron chi connectivity index (χ2n) is 7.15. The van der Waals surface area contributed by atoms with Crippen molar-refractivity contribution in [2.75, 3.05) is 0 Å². The summed E-state index contributed by atoms with van der Waals surface area (Å²) in [4.78, 5) is 69.2. The first kappa shape index (κ1) is 24.9. The van der Waals surface area contributed by atoms with Crippen molar-refractivity contribution in [2.45, 2.75) is 32.1 Å². The minimum atomic E-state index is -1.46. The molecule has 0 spiro atoms. The minimum Gasteiger partial charge on any atom is -0.478 e. The average molecular weight is 456 g/mol. The Bertz CT molecular complexity index is 1060. The molecule has 0 aliphatic heterocycles. The van der Waals surface area contributed by atoms with E-state index in [-0.39, 0.29) is 35.5 Å². The Balaban J connectivity index is 1.91. The fourth-order valence-electron chi connectivity index (χ4n) is 3.20. The molecular formula is C23H20O10. The quantitative estimate of drug-likeness (QED) is 0.272. The first-order chi connectivity index (χ1) is 15.5. The molecule has 4 N–H and O–H groups in total. The second-order valence-corrected chi connectivity index (χ2v) is 7.15. The van der Waals surface area contributed by atoms with Gasteiger partial charge in [-0.1, -0.05) is 18.6 Å². The van der Waals surface area contributed by atoms with Crippen LogP contribution in [0.2, 0.25) is 0 Å². The molecule has 2 aromatic carbocycles. The van der Waals surface area contributed by atoms with E-state index in [1.165, 1.54) is 12.1 Å². The molecule has 0 radical (unpaired) electrons. The maximum Gasteiger partial charge on any atom is 0.336 e. The first-order valence-corrected chi connectivity index (χ1v) is 9.80. The van der Waals surface area contributed by atoms with Crippen LogP contribution in [0.15, 0.2) is 36.4 Å². The summed E-state index contributed by atoms with van der Waals surface area (Å²) >= 11 is 0. The van der Waals surface area contributed by atoms with Crippen molar-refractivity contribution in [3.05, 3.63) is 69.8 Å². The van der Waals surface area contributed by atoms with Crippen LogP contribution in [0.4, 0.5) is 0 Å². The van der Waals surface area contributed by atoms with Crippen LogP contribution in [0.25, 0.3) is 0 Å². The van der Waals surface area contributed by atoms with E-state index in [0.717, 1.165) is 24.3 Å². The van der Waals surface area contributed by atoms with Gasteiger partial charge in [0.1, 0.15) is 0 Å². The average Bonchev–Trinajstić information content (AvgIpc) is 2.77. The van der Waals surface area contributed by atoms with Crippen LogP contribution in [0, 0.1) is 0 Å². The van der Waals surface area contributed by atoms with Crippen LogP contribution in [-0.2, 0) is 0 Å². The molecule has 0 saturated heterocycles. The zero-order chi connectivity index (χ0) is 24.7. The molecule has 33 heavy (non-hydrogen) atoms. The molecule has 2 rings (SSSR count). The number of aromatic carboxylic acids is 4. The Morgan fingerprint density at radius 2 is 0.818 bits per heavy atom. The van der Waals surface area contributed by atoms with Gasteiger partial charge in [0.05, 0.1) is 22.3 Å². The first-order valence-electron chi connectivity index (χ1n) is 9.80. The minimum absolute atomic E-state index is 0.0656. The van der Waals surface area contributed by atoms with Crippen LogP contribution in [0.3, 0.4) is 0 Å². The number of hydrogen-bond acceptors (Lipinski definition) is 6. The number of benzene rings is 2. The normalized spacial score (nSPS) is 10.4. The highest BCUT2D eigenvalue weighted by Crippen LogP contribution is 2.18. The monoisotopic (exact) mass is 456 g/mol. The number of unbranched alkanes of at least 4 members (excludes halogenated alkanes) is 2. The molecule has 0 amide bonds. The largest absolute Gasteiger partial charge is 0.478 e. The molecule has 172 valence electrons. The molecule has 10 nitrogen and oxygen atoms in total. The highest BCUT2D eigenvalue weighted by Gasteiger charge is 2.20. The third-order valence-electron chi connectivity index (χ3n) is 4.91. The molecule has 0 unspecified atom stereocenters. The highest BCUT2D eigenvalue weighted by atomic mass is 16.4. The Morgan fingerprint density at radius 1 is 0.485 bits per heavy atom. The molecular weight excluding hydrogens is 436 g/mol. The lowest BCUT2D eigenvalue weighted by Gasteiger charge is -2.07. The maximum atomic E-state index is 12.3. The molecule has 0 heterocycles. The SMILES string of the molecule is O=C(CCCCCC(=O)c1ccc(C(=O)O)c(C(=O)O)c1)c1ccc(C(=O)O)c(C(=O)O)c1. The van der Waals surface area contributed by atoms with Crippen molar-refractivity contribution < 1.29 is 49.2 Å². The maximum absolute atomic E-state index is 12.3. The van der Waals surface area contributed by atoms with Gasteiger partial charge < -0.3 is 20.4 Å². The van der Waals surface area contributed by atoms with E-state index in [2.05, 4.69) is 0 Å². The van der Waals surface area contributed by atoms with Gasteiger partial charge in [0, 0.05) is 24.0 Å². The summed E-state index contributed by atoms with van der Waals surface area (Å²) < 4.78 is 0. The number of carbonyl (C=O) groups excluding carboxylic acids is 2. The Labute approximate surface area is 187 Å². The summed E-state index contributed by atoms with van der Waals surface area (Å²) in [5.41, 5.74) is -1.64. The van der Waals surface area contributed by atoms with Gasteiger partial charge in [-0.25, -0.2) is 19.2 Å². The summed E-state index contributed by atoms with van der Waals surface area (Å²) in [7, 11) is 0. The Morgan fingerprint density at radius 3 is 1.12 bits per heavy atom. The second kappa shape index (κ2) is 10.8. The molecule has 0 atom stereocenters. The summed E-state index contributed by atoms with van der Waals surface area (Å²) in [6.07, 6.45) is 1.41. The topological polar surface area (TPSA) is 183 Å². The number of hydrogen-bond donors (Lipinski definition) is 4. The van der Waals surface area contributed by atoms with E-state index in [0.29, 0.717) is 19.3 Å². The predicted octanol–water partition coefficient (Wildman–Crippen LogP) is 3.50. The Kier molecular flexibility index (Phi) is 8.16. The van der Waals surface area contributed by atoms with Gasteiger partial charge in [-0.3, -0.25) is 9.59 Å². The fraction of sp³-hybridized carbons (Fsp3) is 0.217. The highest BCUT2D eigenvalue weighted by molar-refractivity contribution is 6.06. The van der Waals surface area contributed by atoms with Crippen molar-refractivity contribution in [1.29, 1.82) is 0 Å². The van der Waals surface area contributed by atoms with Crippen molar-refractivity contribution in [1.82, 2.24) is 0 Å². The number of rotatable bonds is 12. The van der Waals surface area contributed by atoms with Gasteiger partial charge in [0.2, 0.25) is 0 Å². The molecule has 0 aliphatic carbocycles. The number of carboxylic acids is 4.